The van der Waals surface area contributed by atoms with Crippen molar-refractivity contribution in [2.75, 3.05) is 33.4 Å². The van der Waals surface area contributed by atoms with Crippen LogP contribution in [0.2, 0.25) is 0 Å². The lowest BCUT2D eigenvalue weighted by Crippen LogP contribution is -2.54. The van der Waals surface area contributed by atoms with E-state index in [1.54, 1.807) is 0 Å². The summed E-state index contributed by atoms with van der Waals surface area (Å²) in [6.07, 6.45) is 0. The van der Waals surface area contributed by atoms with E-state index in [0.29, 0.717) is 35.1 Å². The van der Waals surface area contributed by atoms with E-state index >= 15 is 0 Å². The molecule has 3 aromatic rings. The number of para-hydroxylation sites is 2. The number of hydrogen-bond donors (Lipinski definition) is 0. The Morgan fingerprint density at radius 3 is 1.70 bits per heavy atom. The Bertz CT molecular complexity index is 824. The first-order chi connectivity index (χ1) is 13.2. The quantitative estimate of drug-likeness (QED) is 0.646. The number of morpholine rings is 1. The van der Waals surface area contributed by atoms with Crippen molar-refractivity contribution in [3.8, 4) is 23.5 Å². The van der Waals surface area contributed by atoms with E-state index in [1.807, 2.05) is 60.7 Å². The predicted molar refractivity (Wildman–Crippen MR) is 101 cm³/mol. The first-order valence-corrected chi connectivity index (χ1v) is 8.86. The van der Waals surface area contributed by atoms with Crippen LogP contribution in [0.25, 0.3) is 0 Å². The van der Waals surface area contributed by atoms with Crippen LogP contribution in [0.15, 0.2) is 60.7 Å². The highest BCUT2D eigenvalue weighted by Crippen LogP contribution is 2.27. The summed E-state index contributed by atoms with van der Waals surface area (Å²) in [5.74, 6) is 1.92. The van der Waals surface area contributed by atoms with Gasteiger partial charge in [0, 0.05) is 0 Å². The maximum atomic E-state index is 5.85. The van der Waals surface area contributed by atoms with Crippen LogP contribution in [0.5, 0.6) is 23.5 Å². The SMILES string of the molecule is C[N+]1(c2nc(Oc3ccccc3)nc(Oc3ccccc3)n2)CCOCC1. The summed E-state index contributed by atoms with van der Waals surface area (Å²) in [5.41, 5.74) is 0. The Kier molecular flexibility index (Phi) is 4.95. The van der Waals surface area contributed by atoms with Gasteiger partial charge in [0.25, 0.3) is 0 Å². The predicted octanol–water partition coefficient (Wildman–Crippen LogP) is 3.42. The van der Waals surface area contributed by atoms with Crippen LogP contribution in [0.3, 0.4) is 0 Å². The largest absolute Gasteiger partial charge is 0.424 e. The Labute approximate surface area is 157 Å². The molecule has 7 nitrogen and oxygen atoms in total. The molecular formula is C20H21N4O3+. The zero-order valence-corrected chi connectivity index (χ0v) is 15.1. The second kappa shape index (κ2) is 7.69. The monoisotopic (exact) mass is 365 g/mol. The first kappa shape index (κ1) is 17.4. The lowest BCUT2D eigenvalue weighted by atomic mass is 10.3. The van der Waals surface area contributed by atoms with Gasteiger partial charge >= 0.3 is 18.0 Å². The van der Waals surface area contributed by atoms with E-state index in [0.717, 1.165) is 13.1 Å². The van der Waals surface area contributed by atoms with E-state index in [4.69, 9.17) is 14.2 Å². The number of rotatable bonds is 5. The molecule has 0 N–H and O–H groups in total. The minimum absolute atomic E-state index is 0.211. The van der Waals surface area contributed by atoms with Gasteiger partial charge < -0.3 is 14.2 Å². The molecule has 0 amide bonds. The summed E-state index contributed by atoms with van der Waals surface area (Å²) in [6, 6.07) is 19.3. The second-order valence-electron chi connectivity index (χ2n) is 6.49. The highest BCUT2D eigenvalue weighted by atomic mass is 16.5. The van der Waals surface area contributed by atoms with E-state index in [2.05, 4.69) is 22.0 Å². The standard InChI is InChI=1S/C20H21N4O3/c1-24(12-14-25-15-13-24)18-21-19(26-16-8-4-2-5-9-16)23-20(22-18)27-17-10-6-3-7-11-17/h2-11H,12-15H2,1H3/q+1. The van der Waals surface area contributed by atoms with Crippen molar-refractivity contribution in [2.24, 2.45) is 0 Å². The van der Waals surface area contributed by atoms with Crippen molar-refractivity contribution in [1.82, 2.24) is 19.4 Å². The number of hydrogen-bond acceptors (Lipinski definition) is 6. The van der Waals surface area contributed by atoms with Crippen molar-refractivity contribution >= 4 is 5.95 Å². The van der Waals surface area contributed by atoms with E-state index in [1.165, 1.54) is 0 Å². The number of quaternary nitrogens is 1. The van der Waals surface area contributed by atoms with Gasteiger partial charge in [-0.3, -0.25) is 4.48 Å². The maximum Gasteiger partial charge on any atom is 0.338 e. The van der Waals surface area contributed by atoms with Crippen molar-refractivity contribution in [3.63, 3.8) is 0 Å². The zero-order chi connectivity index (χ0) is 18.5. The van der Waals surface area contributed by atoms with Gasteiger partial charge in [-0.25, -0.2) is 0 Å². The van der Waals surface area contributed by atoms with Crippen LogP contribution in [-0.2, 0) is 4.74 Å². The number of aromatic nitrogens is 3. The highest BCUT2D eigenvalue weighted by Gasteiger charge is 2.33. The number of likely N-dealkylation sites (N-methyl/N-ethyl adjacent to an activating group) is 1. The number of ether oxygens (including phenoxy) is 3. The van der Waals surface area contributed by atoms with E-state index < -0.39 is 0 Å². The maximum absolute atomic E-state index is 5.85. The van der Waals surface area contributed by atoms with E-state index in [-0.39, 0.29) is 12.0 Å². The molecule has 1 aliphatic heterocycles. The molecule has 0 atom stereocenters. The Morgan fingerprint density at radius 2 is 1.22 bits per heavy atom. The summed E-state index contributed by atoms with van der Waals surface area (Å²) in [6.45, 7) is 2.87. The summed E-state index contributed by atoms with van der Waals surface area (Å²) in [4.78, 5) is 13.5. The van der Waals surface area contributed by atoms with Gasteiger partial charge in [-0.2, -0.15) is 0 Å². The molecule has 1 saturated heterocycles. The second-order valence-corrected chi connectivity index (χ2v) is 6.49. The molecule has 27 heavy (non-hydrogen) atoms. The minimum Gasteiger partial charge on any atom is -0.424 e. The molecule has 0 bridgehead atoms. The normalized spacial score (nSPS) is 15.9. The molecule has 2 heterocycles. The Hall–Kier alpha value is -3.03. The molecule has 0 radical (unpaired) electrons. The van der Waals surface area contributed by atoms with Crippen molar-refractivity contribution in [1.29, 1.82) is 0 Å². The van der Waals surface area contributed by atoms with Crippen molar-refractivity contribution in [2.45, 2.75) is 0 Å². The average molecular weight is 365 g/mol. The van der Waals surface area contributed by atoms with Crippen LogP contribution in [0, 0.1) is 0 Å². The summed E-state index contributed by atoms with van der Waals surface area (Å²) in [5, 5.41) is 0. The highest BCUT2D eigenvalue weighted by molar-refractivity contribution is 5.32. The molecule has 0 saturated carbocycles. The van der Waals surface area contributed by atoms with Gasteiger partial charge in [0.05, 0.1) is 20.3 Å². The van der Waals surface area contributed by atoms with Crippen LogP contribution in [-0.4, -0.2) is 48.3 Å². The summed E-state index contributed by atoms with van der Waals surface area (Å²) < 4.78 is 17.7. The van der Waals surface area contributed by atoms with Crippen molar-refractivity contribution < 1.29 is 14.2 Å². The van der Waals surface area contributed by atoms with Crippen LogP contribution in [0.4, 0.5) is 5.95 Å². The van der Waals surface area contributed by atoms with Crippen LogP contribution < -0.4 is 14.0 Å². The average Bonchev–Trinajstić information content (AvgIpc) is 2.70. The number of nitrogens with zero attached hydrogens (tertiary/aromatic N) is 4. The molecule has 2 aromatic carbocycles. The van der Waals surface area contributed by atoms with Crippen molar-refractivity contribution in [3.05, 3.63) is 60.7 Å². The topological polar surface area (TPSA) is 66.4 Å². The summed E-state index contributed by atoms with van der Waals surface area (Å²) in [7, 11) is 2.08. The van der Waals surface area contributed by atoms with Gasteiger partial charge in [0.2, 0.25) is 0 Å². The third-order valence-electron chi connectivity index (χ3n) is 4.43. The molecule has 138 valence electrons. The van der Waals surface area contributed by atoms with Gasteiger partial charge in [-0.05, 0) is 24.3 Å². The smallest absolute Gasteiger partial charge is 0.338 e. The van der Waals surface area contributed by atoms with Gasteiger partial charge in [-0.15, -0.1) is 15.0 Å². The molecular weight excluding hydrogens is 344 g/mol. The molecule has 0 unspecified atom stereocenters. The third-order valence-corrected chi connectivity index (χ3v) is 4.43. The first-order valence-electron chi connectivity index (χ1n) is 8.86. The molecule has 4 rings (SSSR count). The van der Waals surface area contributed by atoms with E-state index in [9.17, 15) is 0 Å². The number of benzene rings is 2. The molecule has 0 aliphatic carbocycles. The van der Waals surface area contributed by atoms with Gasteiger partial charge in [0.1, 0.15) is 24.6 Å². The summed E-state index contributed by atoms with van der Waals surface area (Å²) >= 11 is 0. The zero-order valence-electron chi connectivity index (χ0n) is 15.1. The van der Waals surface area contributed by atoms with Crippen LogP contribution in [0.1, 0.15) is 0 Å². The fourth-order valence-electron chi connectivity index (χ4n) is 2.79. The lowest BCUT2D eigenvalue weighted by Gasteiger charge is -2.34. The molecule has 7 heteroatoms. The van der Waals surface area contributed by atoms with Crippen LogP contribution >= 0.6 is 0 Å². The third kappa shape index (κ3) is 4.21. The Morgan fingerprint density at radius 1 is 0.741 bits per heavy atom. The minimum atomic E-state index is 0.211. The lowest BCUT2D eigenvalue weighted by molar-refractivity contribution is 0.0490. The fraction of sp³-hybridized carbons (Fsp3) is 0.250. The van der Waals surface area contributed by atoms with Gasteiger partial charge in [0.15, 0.2) is 0 Å². The fourth-order valence-corrected chi connectivity index (χ4v) is 2.79. The van der Waals surface area contributed by atoms with Gasteiger partial charge in [-0.1, -0.05) is 36.4 Å². The molecule has 0 spiro atoms. The molecule has 1 aliphatic rings. The molecule has 1 aromatic heterocycles. The Balaban J connectivity index is 1.69. The molecule has 1 fully saturated rings.